The number of rotatable bonds is 8. The molecule has 1 aliphatic heterocycles. The van der Waals surface area contributed by atoms with Crippen LogP contribution in [0.15, 0.2) is 73.1 Å². The standard InChI is InChI=1S/C32H29Cl2FN8O/c1-2-42-11-10-28(29(44)18-42)43-17-27(40-41-43)31(19-6-4-3-5-7-19)39-22-12-23-30(38-21-8-9-26(35)24(33)13-21)20(15-36)16-37-32(23)25(34)14-22/h3-9,12-14,16-17,28-29,31,39,44H,2,10-11,18H2,1H3,(H,37,38)/t28-,29-,31+/m1/s1. The first-order valence-corrected chi connectivity index (χ1v) is 15.0. The number of nitrogens with zero attached hydrogens (tertiary/aromatic N) is 6. The van der Waals surface area contributed by atoms with Crippen molar-refractivity contribution in [2.45, 2.75) is 31.5 Å². The number of fused-ring (bicyclic) bond motifs is 1. The fraction of sp³-hybridized carbons (Fsp3) is 0.250. The highest BCUT2D eigenvalue weighted by Gasteiger charge is 2.30. The number of benzene rings is 3. The summed E-state index contributed by atoms with van der Waals surface area (Å²) in [7, 11) is 0. The highest BCUT2D eigenvalue weighted by atomic mass is 35.5. The summed E-state index contributed by atoms with van der Waals surface area (Å²) in [5.74, 6) is -0.545. The van der Waals surface area contributed by atoms with E-state index in [0.29, 0.717) is 45.2 Å². The minimum absolute atomic E-state index is 0.0468. The summed E-state index contributed by atoms with van der Waals surface area (Å²) in [5.41, 5.74) is 3.99. The molecule has 44 heavy (non-hydrogen) atoms. The molecule has 0 spiro atoms. The Balaban J connectivity index is 1.38. The molecule has 3 atom stereocenters. The lowest BCUT2D eigenvalue weighted by Gasteiger charge is -2.35. The first-order valence-electron chi connectivity index (χ1n) is 14.2. The van der Waals surface area contributed by atoms with Crippen LogP contribution in [-0.2, 0) is 0 Å². The van der Waals surface area contributed by atoms with Gasteiger partial charge >= 0.3 is 0 Å². The van der Waals surface area contributed by atoms with E-state index in [-0.39, 0.29) is 16.6 Å². The van der Waals surface area contributed by atoms with Gasteiger partial charge in [0.1, 0.15) is 17.6 Å². The number of pyridine rings is 1. The number of hydrogen-bond acceptors (Lipinski definition) is 8. The van der Waals surface area contributed by atoms with E-state index in [1.807, 2.05) is 42.6 Å². The van der Waals surface area contributed by atoms with E-state index in [2.05, 4.69) is 43.8 Å². The zero-order valence-corrected chi connectivity index (χ0v) is 25.3. The Hall–Kier alpha value is -4.27. The number of β-amino-alcohol motifs (C(OH)–C–C–N with tert-alkyl or cyclic N) is 1. The molecule has 3 heterocycles. The molecule has 6 rings (SSSR count). The predicted octanol–water partition coefficient (Wildman–Crippen LogP) is 6.72. The number of aromatic nitrogens is 4. The molecule has 1 fully saturated rings. The van der Waals surface area contributed by atoms with Crippen molar-refractivity contribution in [2.24, 2.45) is 0 Å². The Bertz CT molecular complexity index is 1840. The average Bonchev–Trinajstić information content (AvgIpc) is 3.52. The number of anilines is 3. The second kappa shape index (κ2) is 12.8. The molecule has 3 aromatic carbocycles. The van der Waals surface area contributed by atoms with Crippen molar-refractivity contribution in [1.82, 2.24) is 24.9 Å². The number of hydrogen-bond donors (Lipinski definition) is 3. The van der Waals surface area contributed by atoms with Crippen molar-refractivity contribution < 1.29 is 9.50 Å². The fourth-order valence-corrected chi connectivity index (χ4v) is 6.03. The van der Waals surface area contributed by atoms with Gasteiger partial charge in [-0.3, -0.25) is 4.98 Å². The van der Waals surface area contributed by atoms with Crippen LogP contribution in [0.1, 0.15) is 42.2 Å². The van der Waals surface area contributed by atoms with Crippen molar-refractivity contribution in [3.05, 3.63) is 106 Å². The van der Waals surface area contributed by atoms with Gasteiger partial charge in [0.15, 0.2) is 0 Å². The fourth-order valence-electron chi connectivity index (χ4n) is 5.59. The lowest BCUT2D eigenvalue weighted by Crippen LogP contribution is -2.44. The third-order valence-corrected chi connectivity index (χ3v) is 8.50. The number of nitrogens with one attached hydrogen (secondary N) is 2. The molecule has 3 N–H and O–H groups in total. The van der Waals surface area contributed by atoms with Crippen LogP contribution in [0, 0.1) is 17.1 Å². The maximum atomic E-state index is 13.8. The summed E-state index contributed by atoms with van der Waals surface area (Å²) >= 11 is 12.8. The van der Waals surface area contributed by atoms with Gasteiger partial charge in [-0.2, -0.15) is 5.26 Å². The third kappa shape index (κ3) is 6.05. The molecule has 12 heteroatoms. The number of aliphatic hydroxyl groups is 1. The predicted molar refractivity (Wildman–Crippen MR) is 170 cm³/mol. The molecule has 2 aromatic heterocycles. The normalized spacial score (nSPS) is 17.7. The zero-order chi connectivity index (χ0) is 30.8. The van der Waals surface area contributed by atoms with E-state index < -0.39 is 18.0 Å². The van der Waals surface area contributed by atoms with E-state index in [9.17, 15) is 14.8 Å². The molecule has 224 valence electrons. The maximum Gasteiger partial charge on any atom is 0.141 e. The van der Waals surface area contributed by atoms with Gasteiger partial charge in [0.25, 0.3) is 0 Å². The van der Waals surface area contributed by atoms with Crippen LogP contribution in [0.5, 0.6) is 0 Å². The van der Waals surface area contributed by atoms with Crippen LogP contribution in [0.3, 0.4) is 0 Å². The lowest BCUT2D eigenvalue weighted by molar-refractivity contribution is 0.0242. The summed E-state index contributed by atoms with van der Waals surface area (Å²) in [6.45, 7) is 4.44. The molecule has 5 aromatic rings. The first-order chi connectivity index (χ1) is 21.3. The molecule has 1 saturated heterocycles. The summed E-state index contributed by atoms with van der Waals surface area (Å²) < 4.78 is 15.6. The van der Waals surface area contributed by atoms with Crippen LogP contribution in [0.25, 0.3) is 10.9 Å². The number of piperidine rings is 1. The van der Waals surface area contributed by atoms with Crippen molar-refractivity contribution in [2.75, 3.05) is 30.3 Å². The van der Waals surface area contributed by atoms with E-state index in [1.165, 1.54) is 24.4 Å². The number of aliphatic hydroxyl groups excluding tert-OH is 1. The second-order valence-electron chi connectivity index (χ2n) is 10.7. The van der Waals surface area contributed by atoms with Gasteiger partial charge in [0.2, 0.25) is 0 Å². The van der Waals surface area contributed by atoms with Gasteiger partial charge in [-0.1, -0.05) is 65.7 Å². The highest BCUT2D eigenvalue weighted by molar-refractivity contribution is 6.36. The minimum Gasteiger partial charge on any atom is -0.390 e. The molecule has 0 saturated carbocycles. The van der Waals surface area contributed by atoms with Crippen LogP contribution in [-0.4, -0.2) is 55.7 Å². The molecular formula is C32H29Cl2FN8O. The van der Waals surface area contributed by atoms with Crippen LogP contribution in [0.2, 0.25) is 10.0 Å². The van der Waals surface area contributed by atoms with Crippen molar-refractivity contribution in [3.63, 3.8) is 0 Å². The minimum atomic E-state index is -0.551. The van der Waals surface area contributed by atoms with Crippen LogP contribution < -0.4 is 10.6 Å². The Morgan fingerprint density at radius 1 is 1.11 bits per heavy atom. The summed E-state index contributed by atoms with van der Waals surface area (Å²) in [4.78, 5) is 6.65. The van der Waals surface area contributed by atoms with Crippen molar-refractivity contribution in [1.29, 1.82) is 5.26 Å². The SMILES string of the molecule is CCN1CC[C@@H](n2cc([C@@H](Nc3cc(Cl)c4ncc(C#N)c(Nc5ccc(F)c(Cl)c5)c4c3)c3ccccc3)nn2)[C@H](O)C1. The third-order valence-electron chi connectivity index (χ3n) is 7.92. The zero-order valence-electron chi connectivity index (χ0n) is 23.8. The molecular weight excluding hydrogens is 602 g/mol. The maximum absolute atomic E-state index is 13.8. The first kappa shape index (κ1) is 29.8. The Labute approximate surface area is 263 Å². The monoisotopic (exact) mass is 630 g/mol. The number of nitriles is 1. The largest absolute Gasteiger partial charge is 0.390 e. The molecule has 0 amide bonds. The number of likely N-dealkylation sites (tertiary alicyclic amines) is 1. The van der Waals surface area contributed by atoms with Gasteiger partial charge in [0, 0.05) is 36.0 Å². The Morgan fingerprint density at radius 2 is 1.91 bits per heavy atom. The second-order valence-corrected chi connectivity index (χ2v) is 11.5. The molecule has 9 nitrogen and oxygen atoms in total. The topological polar surface area (TPSA) is 115 Å². The van der Waals surface area contributed by atoms with Crippen molar-refractivity contribution >= 4 is 51.2 Å². The molecule has 0 bridgehead atoms. The molecule has 1 aliphatic rings. The summed E-state index contributed by atoms with van der Waals surface area (Å²) in [6, 6.07) is 19.3. The van der Waals surface area contributed by atoms with Crippen LogP contribution in [0.4, 0.5) is 21.5 Å². The van der Waals surface area contributed by atoms with Gasteiger partial charge in [-0.15, -0.1) is 5.10 Å². The van der Waals surface area contributed by atoms with E-state index in [4.69, 9.17) is 23.2 Å². The lowest BCUT2D eigenvalue weighted by atomic mass is 10.0. The number of likely N-dealkylation sites (N-methyl/N-ethyl adjacent to an activating group) is 1. The molecule has 0 aliphatic carbocycles. The van der Waals surface area contributed by atoms with Gasteiger partial charge in [-0.25, -0.2) is 9.07 Å². The van der Waals surface area contributed by atoms with Gasteiger partial charge in [-0.05, 0) is 48.9 Å². The Kier molecular flexibility index (Phi) is 8.64. The van der Waals surface area contributed by atoms with E-state index in [1.54, 1.807) is 10.7 Å². The van der Waals surface area contributed by atoms with Crippen LogP contribution >= 0.6 is 23.2 Å². The highest BCUT2D eigenvalue weighted by Crippen LogP contribution is 2.37. The van der Waals surface area contributed by atoms with Gasteiger partial charge < -0.3 is 20.6 Å². The summed E-state index contributed by atoms with van der Waals surface area (Å²) in [5, 5.41) is 37.3. The van der Waals surface area contributed by atoms with E-state index in [0.717, 1.165) is 25.1 Å². The van der Waals surface area contributed by atoms with Gasteiger partial charge in [0.05, 0.1) is 51.2 Å². The van der Waals surface area contributed by atoms with E-state index >= 15 is 0 Å². The molecule has 0 unspecified atom stereocenters. The summed E-state index contributed by atoms with van der Waals surface area (Å²) in [6.07, 6.45) is 3.54. The average molecular weight is 632 g/mol. The quantitative estimate of drug-likeness (QED) is 0.173. The smallest absolute Gasteiger partial charge is 0.141 e. The Morgan fingerprint density at radius 3 is 2.64 bits per heavy atom. The van der Waals surface area contributed by atoms with Crippen molar-refractivity contribution in [3.8, 4) is 6.07 Å². The molecule has 0 radical (unpaired) electrons. The number of halogens is 3.